The van der Waals surface area contributed by atoms with Crippen molar-refractivity contribution in [2.24, 2.45) is 0 Å². The molecule has 2 heterocycles. The van der Waals surface area contributed by atoms with Crippen molar-refractivity contribution in [3.05, 3.63) is 27.5 Å². The Morgan fingerprint density at radius 2 is 2.13 bits per heavy atom. The molecule has 3 nitrogen and oxygen atoms in total. The lowest BCUT2D eigenvalue weighted by atomic mass is 10.2. The van der Waals surface area contributed by atoms with Crippen molar-refractivity contribution >= 4 is 33.4 Å². The number of rotatable bonds is 1. The molecule has 0 N–H and O–H groups in total. The summed E-state index contributed by atoms with van der Waals surface area (Å²) >= 11 is 9.07. The van der Waals surface area contributed by atoms with Gasteiger partial charge in [-0.15, -0.1) is 0 Å². The lowest BCUT2D eigenvalue weighted by molar-refractivity contribution is 0.0792. The standard InChI is InChI=1S/C10H10BrClN2O/c11-8-6-13-9(12)5-7(8)10(15)14-3-1-2-4-14/h5-6H,1-4H2. The number of halogens is 2. The van der Waals surface area contributed by atoms with E-state index < -0.39 is 0 Å². The molecule has 0 radical (unpaired) electrons. The minimum atomic E-state index is 0.0312. The molecule has 1 saturated heterocycles. The molecule has 15 heavy (non-hydrogen) atoms. The number of pyridine rings is 1. The van der Waals surface area contributed by atoms with Crippen LogP contribution in [0.25, 0.3) is 0 Å². The number of likely N-dealkylation sites (tertiary alicyclic amines) is 1. The highest BCUT2D eigenvalue weighted by atomic mass is 79.9. The normalized spacial score (nSPS) is 15.7. The molecule has 0 unspecified atom stereocenters. The molecular weight excluding hydrogens is 279 g/mol. The zero-order valence-corrected chi connectivity index (χ0v) is 10.4. The van der Waals surface area contributed by atoms with Crippen molar-refractivity contribution in [1.82, 2.24) is 9.88 Å². The summed E-state index contributed by atoms with van der Waals surface area (Å²) in [5.74, 6) is 0.0312. The second kappa shape index (κ2) is 4.49. The van der Waals surface area contributed by atoms with E-state index in [1.54, 1.807) is 12.3 Å². The Labute approximate surface area is 102 Å². The SMILES string of the molecule is O=C(c1cc(Cl)ncc1Br)N1CCCC1. The zero-order valence-electron chi connectivity index (χ0n) is 8.04. The first kappa shape index (κ1) is 10.9. The van der Waals surface area contributed by atoms with Gasteiger partial charge in [0.05, 0.1) is 5.56 Å². The van der Waals surface area contributed by atoms with Crippen LogP contribution in [-0.2, 0) is 0 Å². The summed E-state index contributed by atoms with van der Waals surface area (Å²) in [6.45, 7) is 1.68. The number of nitrogens with zero attached hydrogens (tertiary/aromatic N) is 2. The fraction of sp³-hybridized carbons (Fsp3) is 0.400. The number of carbonyl (C=O) groups excluding carboxylic acids is 1. The van der Waals surface area contributed by atoms with Gasteiger partial charge in [-0.1, -0.05) is 11.6 Å². The average Bonchev–Trinajstić information content (AvgIpc) is 2.74. The molecule has 1 aromatic heterocycles. The van der Waals surface area contributed by atoms with Gasteiger partial charge in [0.2, 0.25) is 0 Å². The fourth-order valence-corrected chi connectivity index (χ4v) is 2.21. The average molecular weight is 290 g/mol. The highest BCUT2D eigenvalue weighted by Gasteiger charge is 2.21. The van der Waals surface area contributed by atoms with Gasteiger partial charge in [0.1, 0.15) is 5.15 Å². The molecule has 5 heteroatoms. The predicted molar refractivity (Wildman–Crippen MR) is 62.1 cm³/mol. The molecule has 0 bridgehead atoms. The van der Waals surface area contributed by atoms with Gasteiger partial charge < -0.3 is 4.90 Å². The van der Waals surface area contributed by atoms with Gasteiger partial charge in [-0.3, -0.25) is 4.79 Å². The molecule has 80 valence electrons. The van der Waals surface area contributed by atoms with Crippen molar-refractivity contribution in [3.8, 4) is 0 Å². The summed E-state index contributed by atoms with van der Waals surface area (Å²) in [5.41, 5.74) is 0.594. The first-order valence-corrected chi connectivity index (χ1v) is 5.96. The second-order valence-electron chi connectivity index (χ2n) is 3.49. The van der Waals surface area contributed by atoms with E-state index in [1.807, 2.05) is 4.90 Å². The molecule has 1 aromatic rings. The molecule has 0 saturated carbocycles. The van der Waals surface area contributed by atoms with Crippen molar-refractivity contribution in [1.29, 1.82) is 0 Å². The largest absolute Gasteiger partial charge is 0.339 e. The van der Waals surface area contributed by atoms with E-state index >= 15 is 0 Å². The summed E-state index contributed by atoms with van der Waals surface area (Å²) in [7, 11) is 0. The van der Waals surface area contributed by atoms with Crippen molar-refractivity contribution in [2.75, 3.05) is 13.1 Å². The minimum absolute atomic E-state index is 0.0312. The number of carbonyl (C=O) groups is 1. The topological polar surface area (TPSA) is 33.2 Å². The maximum absolute atomic E-state index is 12.0. The van der Waals surface area contributed by atoms with Gasteiger partial charge in [0.15, 0.2) is 0 Å². The van der Waals surface area contributed by atoms with Gasteiger partial charge >= 0.3 is 0 Å². The molecule has 1 aliphatic rings. The Bertz CT molecular complexity index is 391. The maximum atomic E-state index is 12.0. The number of hydrogen-bond acceptors (Lipinski definition) is 2. The quantitative estimate of drug-likeness (QED) is 0.745. The summed E-state index contributed by atoms with van der Waals surface area (Å²) in [6, 6.07) is 1.60. The molecule has 1 fully saturated rings. The molecule has 1 amide bonds. The van der Waals surface area contributed by atoms with Crippen molar-refractivity contribution in [3.63, 3.8) is 0 Å². The molecule has 1 aliphatic heterocycles. The van der Waals surface area contributed by atoms with E-state index in [1.165, 1.54) is 0 Å². The van der Waals surface area contributed by atoms with E-state index in [0.717, 1.165) is 25.9 Å². The van der Waals surface area contributed by atoms with Crippen LogP contribution in [0.1, 0.15) is 23.2 Å². The van der Waals surface area contributed by atoms with E-state index in [-0.39, 0.29) is 5.91 Å². The third-order valence-electron chi connectivity index (χ3n) is 2.45. The highest BCUT2D eigenvalue weighted by molar-refractivity contribution is 9.10. The molecule has 2 rings (SSSR count). The van der Waals surface area contributed by atoms with Crippen LogP contribution in [0.4, 0.5) is 0 Å². The first-order chi connectivity index (χ1) is 7.18. The van der Waals surface area contributed by atoms with Gasteiger partial charge in [-0.25, -0.2) is 4.98 Å². The molecule has 0 spiro atoms. The fourth-order valence-electron chi connectivity index (χ4n) is 1.67. The number of amides is 1. The molecule has 0 aliphatic carbocycles. The second-order valence-corrected chi connectivity index (χ2v) is 4.73. The van der Waals surface area contributed by atoms with Gasteiger partial charge in [0, 0.05) is 23.8 Å². The Morgan fingerprint density at radius 1 is 1.47 bits per heavy atom. The Morgan fingerprint density at radius 3 is 2.80 bits per heavy atom. The lowest BCUT2D eigenvalue weighted by Crippen LogP contribution is -2.27. The molecule has 0 atom stereocenters. The highest BCUT2D eigenvalue weighted by Crippen LogP contribution is 2.22. The van der Waals surface area contributed by atoms with Crippen molar-refractivity contribution < 1.29 is 4.79 Å². The monoisotopic (exact) mass is 288 g/mol. The van der Waals surface area contributed by atoms with E-state index in [4.69, 9.17) is 11.6 Å². The van der Waals surface area contributed by atoms with Crippen LogP contribution in [-0.4, -0.2) is 28.9 Å². The first-order valence-electron chi connectivity index (χ1n) is 4.79. The summed E-state index contributed by atoms with van der Waals surface area (Å²) < 4.78 is 0.698. The van der Waals surface area contributed by atoms with E-state index in [2.05, 4.69) is 20.9 Å². The van der Waals surface area contributed by atoms with Gasteiger partial charge in [0.25, 0.3) is 5.91 Å². The third kappa shape index (κ3) is 2.32. The molecule has 0 aromatic carbocycles. The van der Waals surface area contributed by atoms with Crippen molar-refractivity contribution in [2.45, 2.75) is 12.8 Å². The van der Waals surface area contributed by atoms with Crippen LogP contribution in [0, 0.1) is 0 Å². The maximum Gasteiger partial charge on any atom is 0.255 e. The van der Waals surface area contributed by atoms with Crippen LogP contribution in [0.3, 0.4) is 0 Å². The number of aromatic nitrogens is 1. The summed E-state index contributed by atoms with van der Waals surface area (Å²) in [5, 5.41) is 0.348. The van der Waals surface area contributed by atoms with Crippen LogP contribution < -0.4 is 0 Å². The minimum Gasteiger partial charge on any atom is -0.339 e. The Hall–Kier alpha value is -0.610. The number of hydrogen-bond donors (Lipinski definition) is 0. The van der Waals surface area contributed by atoms with Crippen LogP contribution in [0.2, 0.25) is 5.15 Å². The Kier molecular flexibility index (Phi) is 3.26. The molecular formula is C10H10BrClN2O. The van der Waals surface area contributed by atoms with E-state index in [9.17, 15) is 4.79 Å². The zero-order chi connectivity index (χ0) is 10.8. The Balaban J connectivity index is 2.27. The van der Waals surface area contributed by atoms with Crippen LogP contribution in [0.15, 0.2) is 16.7 Å². The lowest BCUT2D eigenvalue weighted by Gasteiger charge is -2.15. The summed E-state index contributed by atoms with van der Waals surface area (Å²) in [6.07, 6.45) is 3.73. The van der Waals surface area contributed by atoms with Gasteiger partial charge in [-0.2, -0.15) is 0 Å². The van der Waals surface area contributed by atoms with E-state index in [0.29, 0.717) is 15.2 Å². The van der Waals surface area contributed by atoms with Crippen LogP contribution in [0.5, 0.6) is 0 Å². The van der Waals surface area contributed by atoms with Crippen LogP contribution >= 0.6 is 27.5 Å². The third-order valence-corrected chi connectivity index (χ3v) is 3.28. The van der Waals surface area contributed by atoms with Gasteiger partial charge in [-0.05, 0) is 34.8 Å². The summed E-state index contributed by atoms with van der Waals surface area (Å²) in [4.78, 5) is 17.8. The smallest absolute Gasteiger partial charge is 0.255 e. The predicted octanol–water partition coefficient (Wildman–Crippen LogP) is 2.73.